The smallest absolute Gasteiger partial charge is 0.0267 e. The molecule has 0 aliphatic heterocycles. The number of hydrogen-bond donors (Lipinski definition) is 2. The molecule has 1 rings (SSSR count). The Morgan fingerprint density at radius 1 is 1.58 bits per heavy atom. The molecule has 0 amide bonds. The fourth-order valence-electron chi connectivity index (χ4n) is 1.13. The molecule has 0 unspecified atom stereocenters. The first-order valence-corrected chi connectivity index (χ1v) is 4.14. The fourth-order valence-corrected chi connectivity index (χ4v) is 1.13. The van der Waals surface area contributed by atoms with Crippen molar-refractivity contribution in [2.24, 2.45) is 5.73 Å². The molecule has 0 aromatic carbocycles. The third-order valence-electron chi connectivity index (χ3n) is 2.00. The topological polar surface area (TPSA) is 49.9 Å². The number of hydrogen-bond acceptors (Lipinski definition) is 2. The minimum absolute atomic E-state index is 0.765. The van der Waals surface area contributed by atoms with E-state index in [1.54, 1.807) is 0 Å². The second kappa shape index (κ2) is 3.90. The van der Waals surface area contributed by atoms with Crippen LogP contribution in [0.4, 0.5) is 0 Å². The average molecular weight is 162 g/mol. The lowest BCUT2D eigenvalue weighted by atomic mass is 10.2. The van der Waals surface area contributed by atoms with E-state index in [1.807, 2.05) is 12.2 Å². The molecule has 0 fully saturated rings. The van der Waals surface area contributed by atoms with E-state index in [-0.39, 0.29) is 0 Å². The van der Waals surface area contributed by atoms with Gasteiger partial charge in [0.1, 0.15) is 0 Å². The van der Waals surface area contributed by atoms with Crippen LogP contribution in [0.1, 0.15) is 19.8 Å². The van der Waals surface area contributed by atoms with E-state index in [9.17, 15) is 0 Å². The number of rotatable bonds is 2. The predicted octanol–water partition coefficient (Wildman–Crippen LogP) is 2.15. The molecule has 0 bridgehead atoms. The van der Waals surface area contributed by atoms with Crippen molar-refractivity contribution in [1.29, 1.82) is 5.41 Å². The van der Waals surface area contributed by atoms with Gasteiger partial charge in [0.2, 0.25) is 0 Å². The Kier molecular flexibility index (Phi) is 2.86. The molecule has 0 atom stereocenters. The fraction of sp³-hybridized carbons (Fsp3) is 0.300. The van der Waals surface area contributed by atoms with Crippen LogP contribution in [0.5, 0.6) is 0 Å². The average Bonchev–Trinajstić information content (AvgIpc) is 2.27. The Bertz CT molecular complexity index is 270. The first-order valence-electron chi connectivity index (χ1n) is 4.14. The monoisotopic (exact) mass is 162 g/mol. The number of nitrogens with two attached hydrogens (primary N) is 1. The van der Waals surface area contributed by atoms with Crippen LogP contribution in [0.2, 0.25) is 0 Å². The lowest BCUT2D eigenvalue weighted by Crippen LogP contribution is -2.00. The molecule has 0 aromatic heterocycles. The summed E-state index contributed by atoms with van der Waals surface area (Å²) >= 11 is 0. The summed E-state index contributed by atoms with van der Waals surface area (Å²) < 4.78 is 0. The van der Waals surface area contributed by atoms with E-state index >= 15 is 0 Å². The van der Waals surface area contributed by atoms with E-state index in [1.165, 1.54) is 11.8 Å². The molecule has 0 saturated carbocycles. The maximum Gasteiger partial charge on any atom is 0.0267 e. The highest BCUT2D eigenvalue weighted by atomic mass is 14.6. The van der Waals surface area contributed by atoms with Crippen molar-refractivity contribution in [2.75, 3.05) is 0 Å². The molecular weight excluding hydrogens is 148 g/mol. The van der Waals surface area contributed by atoms with Crippen LogP contribution in [-0.2, 0) is 0 Å². The van der Waals surface area contributed by atoms with Crippen LogP contribution in [0.3, 0.4) is 0 Å². The molecule has 2 nitrogen and oxygen atoms in total. The van der Waals surface area contributed by atoms with Gasteiger partial charge in [-0.05, 0) is 6.42 Å². The molecule has 3 N–H and O–H groups in total. The molecule has 1 aliphatic carbocycles. The standard InChI is InChI=1S/C10H14N2/c1-2-8-3-5-9(7-11)10(12)6-4-8/h3-5,7,11H,2,6,12H2,1H3. The summed E-state index contributed by atoms with van der Waals surface area (Å²) in [4.78, 5) is 0. The van der Waals surface area contributed by atoms with E-state index in [0.717, 1.165) is 24.1 Å². The summed E-state index contributed by atoms with van der Waals surface area (Å²) in [7, 11) is 0. The zero-order chi connectivity index (χ0) is 8.97. The Labute approximate surface area is 73.0 Å². The Morgan fingerprint density at radius 2 is 2.33 bits per heavy atom. The van der Waals surface area contributed by atoms with E-state index < -0.39 is 0 Å². The predicted molar refractivity (Wildman–Crippen MR) is 52.1 cm³/mol. The van der Waals surface area contributed by atoms with Gasteiger partial charge in [0, 0.05) is 23.9 Å². The quantitative estimate of drug-likeness (QED) is 0.600. The van der Waals surface area contributed by atoms with Crippen LogP contribution in [0.25, 0.3) is 0 Å². The summed E-state index contributed by atoms with van der Waals surface area (Å²) in [5.41, 5.74) is 8.64. The Hall–Kier alpha value is -1.31. The van der Waals surface area contributed by atoms with Crippen LogP contribution >= 0.6 is 0 Å². The van der Waals surface area contributed by atoms with Crippen molar-refractivity contribution < 1.29 is 0 Å². The van der Waals surface area contributed by atoms with Crippen molar-refractivity contribution in [1.82, 2.24) is 0 Å². The van der Waals surface area contributed by atoms with Gasteiger partial charge in [-0.3, -0.25) is 0 Å². The summed E-state index contributed by atoms with van der Waals surface area (Å²) in [6.45, 7) is 2.11. The molecule has 1 aliphatic rings. The zero-order valence-corrected chi connectivity index (χ0v) is 7.30. The SMILES string of the molecule is CCC1=CCC(N)=C(C=N)C=C1. The van der Waals surface area contributed by atoms with Gasteiger partial charge in [-0.25, -0.2) is 0 Å². The molecular formula is C10H14N2. The van der Waals surface area contributed by atoms with E-state index in [0.29, 0.717) is 0 Å². The first-order chi connectivity index (χ1) is 5.77. The second-order valence-corrected chi connectivity index (χ2v) is 2.79. The first kappa shape index (κ1) is 8.78. The summed E-state index contributed by atoms with van der Waals surface area (Å²) in [6.07, 6.45) is 9.14. The van der Waals surface area contributed by atoms with Gasteiger partial charge in [0.15, 0.2) is 0 Å². The highest BCUT2D eigenvalue weighted by molar-refractivity contribution is 5.81. The van der Waals surface area contributed by atoms with Gasteiger partial charge >= 0.3 is 0 Å². The van der Waals surface area contributed by atoms with Gasteiger partial charge in [-0.15, -0.1) is 0 Å². The maximum absolute atomic E-state index is 7.11. The number of allylic oxidation sites excluding steroid dienone is 5. The second-order valence-electron chi connectivity index (χ2n) is 2.79. The normalized spacial score (nSPS) is 17.2. The third-order valence-corrected chi connectivity index (χ3v) is 2.00. The summed E-state index contributed by atoms with van der Waals surface area (Å²) in [6, 6.07) is 0. The summed E-state index contributed by atoms with van der Waals surface area (Å²) in [5.74, 6) is 0. The lowest BCUT2D eigenvalue weighted by Gasteiger charge is -1.97. The van der Waals surface area contributed by atoms with Gasteiger partial charge in [-0.2, -0.15) is 0 Å². The van der Waals surface area contributed by atoms with Gasteiger partial charge in [0.25, 0.3) is 0 Å². The van der Waals surface area contributed by atoms with Crippen LogP contribution < -0.4 is 5.73 Å². The van der Waals surface area contributed by atoms with Crippen LogP contribution in [0.15, 0.2) is 35.1 Å². The molecule has 0 aromatic rings. The minimum Gasteiger partial charge on any atom is -0.401 e. The van der Waals surface area contributed by atoms with Crippen LogP contribution in [0, 0.1) is 5.41 Å². The minimum atomic E-state index is 0.765. The molecule has 2 heteroatoms. The Morgan fingerprint density at radius 3 is 2.92 bits per heavy atom. The molecule has 0 radical (unpaired) electrons. The molecule has 64 valence electrons. The molecule has 12 heavy (non-hydrogen) atoms. The van der Waals surface area contributed by atoms with Crippen molar-refractivity contribution in [2.45, 2.75) is 19.8 Å². The van der Waals surface area contributed by atoms with E-state index in [4.69, 9.17) is 11.1 Å². The third kappa shape index (κ3) is 1.84. The van der Waals surface area contributed by atoms with Crippen molar-refractivity contribution in [3.63, 3.8) is 0 Å². The molecule has 0 saturated heterocycles. The highest BCUT2D eigenvalue weighted by Gasteiger charge is 2.00. The lowest BCUT2D eigenvalue weighted by molar-refractivity contribution is 1.10. The van der Waals surface area contributed by atoms with Crippen LogP contribution in [-0.4, -0.2) is 6.21 Å². The molecule has 0 heterocycles. The zero-order valence-electron chi connectivity index (χ0n) is 7.30. The van der Waals surface area contributed by atoms with Gasteiger partial charge in [0.05, 0.1) is 0 Å². The Balaban J connectivity index is 2.89. The summed E-state index contributed by atoms with van der Waals surface area (Å²) in [5, 5.41) is 7.11. The van der Waals surface area contributed by atoms with Crippen molar-refractivity contribution in [3.05, 3.63) is 35.1 Å². The van der Waals surface area contributed by atoms with E-state index in [2.05, 4.69) is 13.0 Å². The van der Waals surface area contributed by atoms with Gasteiger partial charge in [-0.1, -0.05) is 30.7 Å². The maximum atomic E-state index is 7.11. The van der Waals surface area contributed by atoms with Crippen molar-refractivity contribution >= 4 is 6.21 Å². The highest BCUT2D eigenvalue weighted by Crippen LogP contribution is 2.14. The van der Waals surface area contributed by atoms with Crippen molar-refractivity contribution in [3.8, 4) is 0 Å². The number of nitrogens with one attached hydrogen (secondary N) is 1. The van der Waals surface area contributed by atoms with Gasteiger partial charge < -0.3 is 11.1 Å². The largest absolute Gasteiger partial charge is 0.401 e. The molecule has 0 spiro atoms.